The van der Waals surface area contributed by atoms with Crippen molar-refractivity contribution in [3.8, 4) is 11.5 Å². The lowest BCUT2D eigenvalue weighted by Crippen LogP contribution is -2.56. The first kappa shape index (κ1) is 26.8. The fourth-order valence-electron chi connectivity index (χ4n) is 4.43. The van der Waals surface area contributed by atoms with Crippen LogP contribution in [0.4, 0.5) is 0 Å². The van der Waals surface area contributed by atoms with E-state index < -0.39 is 18.6 Å². The highest BCUT2D eigenvalue weighted by atomic mass is 35.5. The van der Waals surface area contributed by atoms with Gasteiger partial charge >= 0.3 is 13.1 Å². The van der Waals surface area contributed by atoms with Crippen LogP contribution in [0, 0.1) is 5.92 Å². The number of hydrogen-bond donors (Lipinski definition) is 4. The number of carboxylic acid groups (broad SMARTS) is 1. The Hall–Kier alpha value is -1.81. The summed E-state index contributed by atoms with van der Waals surface area (Å²) in [5.41, 5.74) is 6.21. The molecule has 1 unspecified atom stereocenters. The molecule has 7 nitrogen and oxygen atoms in total. The largest absolute Gasteiger partial charge is 0.480 e. The second-order valence-corrected chi connectivity index (χ2v) is 9.76. The zero-order valence-electron chi connectivity index (χ0n) is 19.0. The molecule has 0 aromatic heterocycles. The zero-order valence-corrected chi connectivity index (χ0v) is 20.5. The van der Waals surface area contributed by atoms with Crippen molar-refractivity contribution in [2.24, 2.45) is 11.7 Å². The van der Waals surface area contributed by atoms with Crippen LogP contribution in [0.15, 0.2) is 42.5 Å². The third-order valence-electron chi connectivity index (χ3n) is 6.47. The number of unbranched alkanes of at least 4 members (excludes halogenated alkanes) is 1. The lowest BCUT2D eigenvalue weighted by atomic mass is 9.74. The molecule has 1 aliphatic heterocycles. The molecule has 2 aromatic carbocycles. The lowest BCUT2D eigenvalue weighted by Gasteiger charge is -2.40. The SMILES string of the molecule is NC(CCCCB(O)O)(C(=O)O)C1CCN(Cc2ccc(Oc3ccc(Cl)c(Cl)c3)cc2)CC1. The smallest absolute Gasteiger partial charge is 0.451 e. The summed E-state index contributed by atoms with van der Waals surface area (Å²) in [6, 6.07) is 13.0. The molecule has 0 aliphatic carbocycles. The molecule has 34 heavy (non-hydrogen) atoms. The van der Waals surface area contributed by atoms with Crippen molar-refractivity contribution in [2.45, 2.75) is 50.5 Å². The Labute approximate surface area is 210 Å². The average molecular weight is 509 g/mol. The fraction of sp³-hybridized carbons (Fsp3) is 0.458. The number of aliphatic carboxylic acids is 1. The molecule has 0 bridgehead atoms. The van der Waals surface area contributed by atoms with Gasteiger partial charge in [0.2, 0.25) is 0 Å². The molecule has 1 saturated heterocycles. The second kappa shape index (κ2) is 12.2. The van der Waals surface area contributed by atoms with Gasteiger partial charge in [-0.2, -0.15) is 0 Å². The number of halogens is 2. The molecule has 0 radical (unpaired) electrons. The molecular formula is C24H31BCl2N2O5. The first-order valence-electron chi connectivity index (χ1n) is 11.5. The first-order chi connectivity index (χ1) is 16.2. The van der Waals surface area contributed by atoms with Crippen molar-refractivity contribution in [3.05, 3.63) is 58.1 Å². The summed E-state index contributed by atoms with van der Waals surface area (Å²) in [6.45, 7) is 2.31. The summed E-state index contributed by atoms with van der Waals surface area (Å²) >= 11 is 12.0. The van der Waals surface area contributed by atoms with Gasteiger partial charge in [0.25, 0.3) is 0 Å². The Balaban J connectivity index is 1.50. The second-order valence-electron chi connectivity index (χ2n) is 8.94. The van der Waals surface area contributed by atoms with Crippen LogP contribution < -0.4 is 10.5 Å². The maximum absolute atomic E-state index is 12.0. The zero-order chi connectivity index (χ0) is 24.7. The molecule has 1 heterocycles. The van der Waals surface area contributed by atoms with Gasteiger partial charge in [0.1, 0.15) is 17.0 Å². The van der Waals surface area contributed by atoms with E-state index in [4.69, 9.17) is 43.7 Å². The number of benzene rings is 2. The number of nitrogens with two attached hydrogens (primary N) is 1. The van der Waals surface area contributed by atoms with Crippen LogP contribution in [-0.2, 0) is 11.3 Å². The van der Waals surface area contributed by atoms with Crippen molar-refractivity contribution in [1.82, 2.24) is 4.90 Å². The van der Waals surface area contributed by atoms with E-state index in [0.717, 1.165) is 25.2 Å². The number of hydrogen-bond acceptors (Lipinski definition) is 6. The highest BCUT2D eigenvalue weighted by Crippen LogP contribution is 2.33. The topological polar surface area (TPSA) is 116 Å². The van der Waals surface area contributed by atoms with Crippen LogP contribution in [0.2, 0.25) is 16.4 Å². The van der Waals surface area contributed by atoms with Crippen LogP contribution >= 0.6 is 23.2 Å². The van der Waals surface area contributed by atoms with Crippen molar-refractivity contribution in [3.63, 3.8) is 0 Å². The fourth-order valence-corrected chi connectivity index (χ4v) is 4.72. The van der Waals surface area contributed by atoms with Gasteiger partial charge in [-0.3, -0.25) is 9.69 Å². The van der Waals surface area contributed by atoms with Crippen molar-refractivity contribution in [2.75, 3.05) is 13.1 Å². The van der Waals surface area contributed by atoms with E-state index in [1.165, 1.54) is 0 Å². The molecule has 1 fully saturated rings. The van der Waals surface area contributed by atoms with Crippen molar-refractivity contribution < 1.29 is 24.7 Å². The minimum absolute atomic E-state index is 0.109. The summed E-state index contributed by atoms with van der Waals surface area (Å²) < 4.78 is 5.83. The number of rotatable bonds is 11. The molecule has 0 spiro atoms. The van der Waals surface area contributed by atoms with E-state index in [9.17, 15) is 9.90 Å². The maximum atomic E-state index is 12.0. The minimum atomic E-state index is -1.36. The van der Waals surface area contributed by atoms with Crippen molar-refractivity contribution in [1.29, 1.82) is 0 Å². The standard InChI is InChI=1S/C24H31BCl2N2O5/c26-21-8-7-20(15-22(21)27)34-19-5-3-17(4-6-19)16-29-13-9-18(10-14-29)24(28,23(30)31)11-1-2-12-25(32)33/h3-8,15,18,32-33H,1-2,9-14,16,28H2,(H,30,31). The predicted octanol–water partition coefficient (Wildman–Crippen LogP) is 4.42. The molecular weight excluding hydrogens is 478 g/mol. The third-order valence-corrected chi connectivity index (χ3v) is 7.21. The highest BCUT2D eigenvalue weighted by molar-refractivity contribution is 6.42. The molecule has 10 heteroatoms. The number of likely N-dealkylation sites (tertiary alicyclic amines) is 1. The van der Waals surface area contributed by atoms with Gasteiger partial charge in [-0.15, -0.1) is 0 Å². The Kier molecular flexibility index (Phi) is 9.65. The van der Waals surface area contributed by atoms with Crippen LogP contribution in [-0.4, -0.2) is 51.8 Å². The Morgan fingerprint density at radius 3 is 2.29 bits per heavy atom. The quantitative estimate of drug-likeness (QED) is 0.262. The van der Waals surface area contributed by atoms with Gasteiger partial charge in [-0.1, -0.05) is 48.2 Å². The van der Waals surface area contributed by atoms with Gasteiger partial charge in [0.05, 0.1) is 10.0 Å². The van der Waals surface area contributed by atoms with E-state index in [0.29, 0.717) is 53.6 Å². The molecule has 2 aromatic rings. The van der Waals surface area contributed by atoms with Crippen LogP contribution in [0.5, 0.6) is 11.5 Å². The van der Waals surface area contributed by atoms with Gasteiger partial charge in [0, 0.05) is 12.6 Å². The molecule has 5 N–H and O–H groups in total. The molecule has 1 aliphatic rings. The van der Waals surface area contributed by atoms with Gasteiger partial charge in [-0.25, -0.2) is 0 Å². The molecule has 3 rings (SSSR count). The number of carboxylic acids is 1. The minimum Gasteiger partial charge on any atom is -0.480 e. The Bertz CT molecular complexity index is 955. The Morgan fingerprint density at radius 2 is 1.71 bits per heavy atom. The molecule has 0 saturated carbocycles. The first-order valence-corrected chi connectivity index (χ1v) is 12.3. The number of nitrogens with zero attached hydrogens (tertiary/aromatic N) is 1. The molecule has 0 amide bonds. The van der Waals surface area contributed by atoms with E-state index >= 15 is 0 Å². The van der Waals surface area contributed by atoms with Gasteiger partial charge in [-0.05, 0) is 74.4 Å². The number of ether oxygens (including phenoxy) is 1. The summed E-state index contributed by atoms with van der Waals surface area (Å²) in [7, 11) is -1.36. The van der Waals surface area contributed by atoms with E-state index in [-0.39, 0.29) is 12.2 Å². The summed E-state index contributed by atoms with van der Waals surface area (Å²) in [5, 5.41) is 28.7. The third kappa shape index (κ3) is 7.34. The molecule has 1 atom stereocenters. The molecule has 184 valence electrons. The van der Waals surface area contributed by atoms with Crippen molar-refractivity contribution >= 4 is 36.3 Å². The summed E-state index contributed by atoms with van der Waals surface area (Å²) in [5.74, 6) is 0.222. The van der Waals surface area contributed by atoms with E-state index in [1.807, 2.05) is 24.3 Å². The van der Waals surface area contributed by atoms with Crippen LogP contribution in [0.1, 0.15) is 37.7 Å². The lowest BCUT2D eigenvalue weighted by molar-refractivity contribution is -0.147. The average Bonchev–Trinajstić information content (AvgIpc) is 2.80. The summed E-state index contributed by atoms with van der Waals surface area (Å²) in [4.78, 5) is 14.3. The normalized spacial score (nSPS) is 16.7. The van der Waals surface area contributed by atoms with E-state index in [2.05, 4.69) is 4.90 Å². The monoisotopic (exact) mass is 508 g/mol. The maximum Gasteiger partial charge on any atom is 0.451 e. The highest BCUT2D eigenvalue weighted by Gasteiger charge is 2.42. The Morgan fingerprint density at radius 1 is 1.06 bits per heavy atom. The van der Waals surface area contributed by atoms with E-state index in [1.54, 1.807) is 18.2 Å². The van der Waals surface area contributed by atoms with Crippen LogP contribution in [0.25, 0.3) is 0 Å². The van der Waals surface area contributed by atoms with Crippen LogP contribution in [0.3, 0.4) is 0 Å². The predicted molar refractivity (Wildman–Crippen MR) is 134 cm³/mol. The van der Waals surface area contributed by atoms with Gasteiger partial charge < -0.3 is 25.6 Å². The number of piperidine rings is 1. The summed E-state index contributed by atoms with van der Waals surface area (Å²) in [6.07, 6.45) is 3.07. The van der Waals surface area contributed by atoms with Gasteiger partial charge in [0.15, 0.2) is 0 Å². The number of carbonyl (C=O) groups is 1.